The standard InChI is InChI=1S/C24H24N2O5/c1-5-29-16-30-20-10-11-22-18(13-20)14-21(31-22)9-7-6-8-17-12-19(24(2,3)4)15-25-23(17)26(27)28/h7,9-15H,5,16H2,1-4H3/b9-7+. The third-order valence-corrected chi connectivity index (χ3v) is 4.46. The van der Waals surface area contributed by atoms with Crippen LogP contribution in [0.25, 0.3) is 17.0 Å². The molecule has 0 aliphatic carbocycles. The van der Waals surface area contributed by atoms with Gasteiger partial charge in [-0.25, -0.2) is 0 Å². The van der Waals surface area contributed by atoms with Gasteiger partial charge in [-0.3, -0.25) is 0 Å². The summed E-state index contributed by atoms with van der Waals surface area (Å²) in [6.07, 6.45) is 4.83. The minimum absolute atomic E-state index is 0.187. The van der Waals surface area contributed by atoms with E-state index in [1.54, 1.807) is 18.2 Å². The highest BCUT2D eigenvalue weighted by Crippen LogP contribution is 2.26. The van der Waals surface area contributed by atoms with Gasteiger partial charge in [0.2, 0.25) is 0 Å². The van der Waals surface area contributed by atoms with E-state index in [9.17, 15) is 10.1 Å². The fraction of sp³-hybridized carbons (Fsp3) is 0.292. The van der Waals surface area contributed by atoms with E-state index in [0.29, 0.717) is 23.7 Å². The highest BCUT2D eigenvalue weighted by Gasteiger charge is 2.21. The van der Waals surface area contributed by atoms with Crippen LogP contribution in [-0.2, 0) is 10.2 Å². The number of allylic oxidation sites excluding steroid dienone is 1. The molecule has 7 nitrogen and oxygen atoms in total. The minimum atomic E-state index is -0.523. The number of pyridine rings is 1. The van der Waals surface area contributed by atoms with E-state index in [1.807, 2.05) is 52.0 Å². The summed E-state index contributed by atoms with van der Waals surface area (Å²) in [7, 11) is 0. The summed E-state index contributed by atoms with van der Waals surface area (Å²) in [6.45, 7) is 8.73. The normalized spacial score (nSPS) is 11.5. The molecular weight excluding hydrogens is 396 g/mol. The van der Waals surface area contributed by atoms with Crippen LogP contribution < -0.4 is 4.74 Å². The summed E-state index contributed by atoms with van der Waals surface area (Å²) in [5.74, 6) is 6.72. The topological polar surface area (TPSA) is 87.6 Å². The van der Waals surface area contributed by atoms with Crippen molar-refractivity contribution >= 4 is 22.9 Å². The largest absolute Gasteiger partial charge is 0.468 e. The van der Waals surface area contributed by atoms with Crippen LogP contribution >= 0.6 is 0 Å². The van der Waals surface area contributed by atoms with E-state index in [0.717, 1.165) is 10.9 Å². The summed E-state index contributed by atoms with van der Waals surface area (Å²) in [4.78, 5) is 14.7. The summed E-state index contributed by atoms with van der Waals surface area (Å²) >= 11 is 0. The first-order valence-corrected chi connectivity index (χ1v) is 9.85. The van der Waals surface area contributed by atoms with Gasteiger partial charge < -0.3 is 24.0 Å². The Bertz CT molecular complexity index is 1180. The van der Waals surface area contributed by atoms with Crippen LogP contribution in [0.4, 0.5) is 5.82 Å². The van der Waals surface area contributed by atoms with E-state index >= 15 is 0 Å². The molecular formula is C24H24N2O5. The predicted octanol–water partition coefficient (Wildman–Crippen LogP) is 5.47. The highest BCUT2D eigenvalue weighted by molar-refractivity contribution is 5.81. The minimum Gasteiger partial charge on any atom is -0.468 e. The van der Waals surface area contributed by atoms with E-state index in [2.05, 4.69) is 16.8 Å². The van der Waals surface area contributed by atoms with E-state index in [-0.39, 0.29) is 23.6 Å². The first kappa shape index (κ1) is 22.1. The van der Waals surface area contributed by atoms with Crippen LogP contribution in [0.15, 0.2) is 47.0 Å². The van der Waals surface area contributed by atoms with Crippen LogP contribution in [0.2, 0.25) is 0 Å². The Morgan fingerprint density at radius 1 is 1.26 bits per heavy atom. The molecule has 0 saturated carbocycles. The zero-order valence-electron chi connectivity index (χ0n) is 18.0. The molecule has 160 valence electrons. The third kappa shape index (κ3) is 5.71. The Kier molecular flexibility index (Phi) is 6.73. The number of rotatable bonds is 6. The Hall–Kier alpha value is -3.63. The quantitative estimate of drug-likeness (QED) is 0.173. The Labute approximate surface area is 180 Å². The summed E-state index contributed by atoms with van der Waals surface area (Å²) in [6, 6.07) is 9.09. The molecule has 0 saturated heterocycles. The third-order valence-electron chi connectivity index (χ3n) is 4.46. The van der Waals surface area contributed by atoms with Gasteiger partial charge in [-0.05, 0) is 64.7 Å². The molecule has 0 N–H and O–H groups in total. The Morgan fingerprint density at radius 3 is 2.77 bits per heavy atom. The van der Waals surface area contributed by atoms with Gasteiger partial charge in [-0.1, -0.05) is 32.6 Å². The van der Waals surface area contributed by atoms with Crippen molar-refractivity contribution in [3.8, 4) is 17.6 Å². The van der Waals surface area contributed by atoms with Crippen molar-refractivity contribution < 1.29 is 18.8 Å². The summed E-state index contributed by atoms with van der Waals surface area (Å²) < 4.78 is 16.5. The molecule has 0 aliphatic rings. The SMILES string of the molecule is CCOCOc1ccc2oc(/C=C/C#Cc3cc(C(C)(C)C)cnc3[N+](=O)[O-])cc2c1. The molecule has 7 heteroatoms. The number of aromatic nitrogens is 1. The van der Waals surface area contributed by atoms with Crippen molar-refractivity contribution in [2.75, 3.05) is 13.4 Å². The van der Waals surface area contributed by atoms with Crippen molar-refractivity contribution in [3.05, 3.63) is 69.6 Å². The number of ether oxygens (including phenoxy) is 2. The number of hydrogen-bond donors (Lipinski definition) is 0. The van der Waals surface area contributed by atoms with Gasteiger partial charge in [0.05, 0.1) is 0 Å². The lowest BCUT2D eigenvalue weighted by Crippen LogP contribution is -2.12. The van der Waals surface area contributed by atoms with Crippen LogP contribution in [0, 0.1) is 22.0 Å². The van der Waals surface area contributed by atoms with Crippen LogP contribution in [0.1, 0.15) is 44.6 Å². The van der Waals surface area contributed by atoms with Gasteiger partial charge in [0.15, 0.2) is 6.79 Å². The summed E-state index contributed by atoms with van der Waals surface area (Å²) in [5, 5.41) is 12.2. The molecule has 2 heterocycles. The molecule has 0 unspecified atom stereocenters. The maximum absolute atomic E-state index is 11.3. The predicted molar refractivity (Wildman–Crippen MR) is 119 cm³/mol. The molecule has 0 radical (unpaired) electrons. The van der Waals surface area contributed by atoms with E-state index in [1.165, 1.54) is 6.20 Å². The number of nitro groups is 1. The van der Waals surface area contributed by atoms with Crippen molar-refractivity contribution in [2.45, 2.75) is 33.1 Å². The molecule has 31 heavy (non-hydrogen) atoms. The molecule has 0 bridgehead atoms. The van der Waals surface area contributed by atoms with Gasteiger partial charge in [0.25, 0.3) is 0 Å². The molecule has 0 amide bonds. The second-order valence-corrected chi connectivity index (χ2v) is 7.81. The maximum Gasteiger partial charge on any atom is 0.379 e. The second kappa shape index (κ2) is 9.45. The lowest BCUT2D eigenvalue weighted by Gasteiger charge is -2.17. The lowest BCUT2D eigenvalue weighted by atomic mass is 9.87. The first-order valence-electron chi connectivity index (χ1n) is 9.85. The van der Waals surface area contributed by atoms with Crippen molar-refractivity contribution in [3.63, 3.8) is 0 Å². The van der Waals surface area contributed by atoms with Crippen LogP contribution in [0.3, 0.4) is 0 Å². The molecule has 0 fully saturated rings. The van der Waals surface area contributed by atoms with Crippen LogP contribution in [-0.4, -0.2) is 23.3 Å². The molecule has 1 aromatic carbocycles. The second-order valence-electron chi connectivity index (χ2n) is 7.81. The van der Waals surface area contributed by atoms with Gasteiger partial charge in [-0.15, -0.1) is 0 Å². The average Bonchev–Trinajstić information content (AvgIpc) is 3.12. The number of furan rings is 1. The zero-order valence-corrected chi connectivity index (χ0v) is 18.0. The van der Waals surface area contributed by atoms with Gasteiger partial charge in [0.1, 0.15) is 28.9 Å². The smallest absolute Gasteiger partial charge is 0.379 e. The lowest BCUT2D eigenvalue weighted by molar-refractivity contribution is -0.389. The molecule has 3 rings (SSSR count). The number of hydrogen-bond acceptors (Lipinski definition) is 6. The Balaban J connectivity index is 1.80. The fourth-order valence-corrected chi connectivity index (χ4v) is 2.76. The van der Waals surface area contributed by atoms with Crippen molar-refractivity contribution in [1.82, 2.24) is 4.98 Å². The van der Waals surface area contributed by atoms with E-state index < -0.39 is 4.92 Å². The molecule has 2 aromatic heterocycles. The maximum atomic E-state index is 11.3. The molecule has 0 aliphatic heterocycles. The molecule has 0 atom stereocenters. The van der Waals surface area contributed by atoms with Crippen LogP contribution in [0.5, 0.6) is 5.75 Å². The average molecular weight is 420 g/mol. The van der Waals surface area contributed by atoms with E-state index in [4.69, 9.17) is 13.9 Å². The van der Waals surface area contributed by atoms with Crippen molar-refractivity contribution in [2.24, 2.45) is 0 Å². The monoisotopic (exact) mass is 420 g/mol. The molecule has 0 spiro atoms. The number of benzene rings is 1. The van der Waals surface area contributed by atoms with Crippen molar-refractivity contribution in [1.29, 1.82) is 0 Å². The fourth-order valence-electron chi connectivity index (χ4n) is 2.76. The highest BCUT2D eigenvalue weighted by atomic mass is 16.7. The van der Waals surface area contributed by atoms with Gasteiger partial charge >= 0.3 is 5.82 Å². The zero-order chi connectivity index (χ0) is 22.4. The number of nitrogens with zero attached hydrogens (tertiary/aromatic N) is 2. The first-order chi connectivity index (χ1) is 14.8. The summed E-state index contributed by atoms with van der Waals surface area (Å²) in [5.41, 5.74) is 1.69. The van der Waals surface area contributed by atoms with Gasteiger partial charge in [0, 0.05) is 17.6 Å². The molecule has 3 aromatic rings. The Morgan fingerprint density at radius 2 is 2.06 bits per heavy atom. The van der Waals surface area contributed by atoms with Gasteiger partial charge in [-0.2, -0.15) is 0 Å². The number of fused-ring (bicyclic) bond motifs is 1.